The summed E-state index contributed by atoms with van der Waals surface area (Å²) in [5.41, 5.74) is -1.20. The van der Waals surface area contributed by atoms with Crippen molar-refractivity contribution in [1.29, 1.82) is 0 Å². The molecular weight excluding hydrogens is 341 g/mol. The highest BCUT2D eigenvalue weighted by molar-refractivity contribution is 5.86. The SMILES string of the molecule is COc1ccc(F)c(CN2CCC[C@@](O)(CN3CCNC(=O)C3)C2=O)c1. The van der Waals surface area contributed by atoms with E-state index >= 15 is 0 Å². The molecule has 26 heavy (non-hydrogen) atoms. The standard InChI is InChI=1S/C18H24FN3O4/c1-26-14-3-4-15(19)13(9-14)10-22-7-2-5-18(25,17(22)24)12-21-8-6-20-16(23)11-21/h3-4,9,25H,2,5-8,10-12H2,1H3,(H,20,23)/t18-/m1/s1. The van der Waals surface area contributed by atoms with Crippen molar-refractivity contribution in [2.24, 2.45) is 0 Å². The van der Waals surface area contributed by atoms with Crippen LogP contribution in [0.5, 0.6) is 5.75 Å². The van der Waals surface area contributed by atoms with Crippen molar-refractivity contribution in [3.63, 3.8) is 0 Å². The van der Waals surface area contributed by atoms with Crippen LogP contribution in [0.15, 0.2) is 18.2 Å². The third-order valence-electron chi connectivity index (χ3n) is 4.92. The molecule has 1 aromatic carbocycles. The van der Waals surface area contributed by atoms with Crippen molar-refractivity contribution in [2.45, 2.75) is 25.0 Å². The van der Waals surface area contributed by atoms with Gasteiger partial charge in [0.25, 0.3) is 5.91 Å². The average Bonchev–Trinajstić information content (AvgIpc) is 2.61. The number of nitrogens with zero attached hydrogens (tertiary/aromatic N) is 2. The molecule has 0 aromatic heterocycles. The Kier molecular flexibility index (Phi) is 5.43. The molecule has 2 aliphatic rings. The topological polar surface area (TPSA) is 82.1 Å². The number of nitrogens with one attached hydrogen (secondary N) is 1. The number of aliphatic hydroxyl groups is 1. The van der Waals surface area contributed by atoms with Crippen molar-refractivity contribution >= 4 is 11.8 Å². The minimum atomic E-state index is -1.55. The number of carbonyl (C=O) groups is 2. The molecule has 2 aliphatic heterocycles. The molecule has 0 aliphatic carbocycles. The molecule has 2 amide bonds. The molecule has 1 atom stereocenters. The molecule has 142 valence electrons. The number of likely N-dealkylation sites (tertiary alicyclic amines) is 1. The van der Waals surface area contributed by atoms with Crippen LogP contribution in [0, 0.1) is 5.82 Å². The molecule has 0 radical (unpaired) electrons. The third-order valence-corrected chi connectivity index (χ3v) is 4.92. The normalized spacial score (nSPS) is 24.5. The summed E-state index contributed by atoms with van der Waals surface area (Å²) in [5.74, 6) is -0.434. The van der Waals surface area contributed by atoms with Gasteiger partial charge in [0.15, 0.2) is 5.60 Å². The number of piperazine rings is 1. The Labute approximate surface area is 151 Å². The van der Waals surface area contributed by atoms with E-state index in [4.69, 9.17) is 4.74 Å². The molecule has 2 N–H and O–H groups in total. The highest BCUT2D eigenvalue weighted by atomic mass is 19.1. The molecule has 0 saturated carbocycles. The molecule has 3 rings (SSSR count). The minimum Gasteiger partial charge on any atom is -0.497 e. The second kappa shape index (κ2) is 7.59. The van der Waals surface area contributed by atoms with Gasteiger partial charge in [-0.15, -0.1) is 0 Å². The van der Waals surface area contributed by atoms with Gasteiger partial charge in [0.1, 0.15) is 11.6 Å². The van der Waals surface area contributed by atoms with Crippen LogP contribution in [0.25, 0.3) is 0 Å². The molecule has 0 bridgehead atoms. The molecule has 8 heteroatoms. The van der Waals surface area contributed by atoms with E-state index in [0.29, 0.717) is 43.8 Å². The van der Waals surface area contributed by atoms with Gasteiger partial charge in [-0.3, -0.25) is 14.5 Å². The summed E-state index contributed by atoms with van der Waals surface area (Å²) in [6.07, 6.45) is 0.953. The molecule has 0 spiro atoms. The maximum Gasteiger partial charge on any atom is 0.256 e. The summed E-state index contributed by atoms with van der Waals surface area (Å²) in [5, 5.41) is 13.6. The number of hydrogen-bond donors (Lipinski definition) is 2. The van der Waals surface area contributed by atoms with Gasteiger partial charge in [0.2, 0.25) is 5.91 Å². The van der Waals surface area contributed by atoms with Crippen LogP contribution >= 0.6 is 0 Å². The van der Waals surface area contributed by atoms with Gasteiger partial charge in [-0.05, 0) is 31.0 Å². The summed E-state index contributed by atoms with van der Waals surface area (Å²) in [6.45, 7) is 1.90. The second-order valence-electron chi connectivity index (χ2n) is 6.88. The number of hydrogen-bond acceptors (Lipinski definition) is 5. The lowest BCUT2D eigenvalue weighted by atomic mass is 9.90. The first-order valence-electron chi connectivity index (χ1n) is 8.74. The lowest BCUT2D eigenvalue weighted by molar-refractivity contribution is -0.161. The summed E-state index contributed by atoms with van der Waals surface area (Å²) in [4.78, 5) is 27.7. The Morgan fingerprint density at radius 2 is 2.15 bits per heavy atom. The van der Waals surface area contributed by atoms with Crippen molar-refractivity contribution in [2.75, 3.05) is 39.8 Å². The zero-order chi connectivity index (χ0) is 18.7. The molecule has 2 saturated heterocycles. The van der Waals surface area contributed by atoms with Crippen LogP contribution in [0.2, 0.25) is 0 Å². The number of carbonyl (C=O) groups excluding carboxylic acids is 2. The molecule has 2 heterocycles. The number of ether oxygens (including phenoxy) is 1. The first-order valence-corrected chi connectivity index (χ1v) is 8.74. The number of methoxy groups -OCH3 is 1. The van der Waals surface area contributed by atoms with E-state index in [9.17, 15) is 19.1 Å². The van der Waals surface area contributed by atoms with Crippen LogP contribution in [0.4, 0.5) is 4.39 Å². The minimum absolute atomic E-state index is 0.0741. The summed E-state index contributed by atoms with van der Waals surface area (Å²) < 4.78 is 19.2. The number of piperidine rings is 1. The van der Waals surface area contributed by atoms with Gasteiger partial charge in [0.05, 0.1) is 13.7 Å². The van der Waals surface area contributed by atoms with E-state index in [1.54, 1.807) is 11.0 Å². The quantitative estimate of drug-likeness (QED) is 0.775. The van der Waals surface area contributed by atoms with Crippen molar-refractivity contribution in [3.05, 3.63) is 29.6 Å². The molecule has 7 nitrogen and oxygen atoms in total. The van der Waals surface area contributed by atoms with Crippen LogP contribution in [-0.2, 0) is 16.1 Å². The predicted octanol–water partition coefficient (Wildman–Crippen LogP) is 0.120. The van der Waals surface area contributed by atoms with Gasteiger partial charge in [-0.1, -0.05) is 0 Å². The summed E-state index contributed by atoms with van der Waals surface area (Å²) in [6, 6.07) is 4.39. The van der Waals surface area contributed by atoms with Gasteiger partial charge < -0.3 is 20.1 Å². The van der Waals surface area contributed by atoms with Gasteiger partial charge in [0, 0.05) is 38.3 Å². The monoisotopic (exact) mass is 365 g/mol. The van der Waals surface area contributed by atoms with Gasteiger partial charge >= 0.3 is 0 Å². The Morgan fingerprint density at radius 3 is 2.88 bits per heavy atom. The molecular formula is C18H24FN3O4. The zero-order valence-electron chi connectivity index (χ0n) is 14.8. The van der Waals surface area contributed by atoms with Gasteiger partial charge in [-0.25, -0.2) is 4.39 Å². The molecule has 1 aromatic rings. The van der Waals surface area contributed by atoms with Crippen LogP contribution < -0.4 is 10.1 Å². The Bertz CT molecular complexity index is 699. The van der Waals surface area contributed by atoms with Crippen LogP contribution in [0.1, 0.15) is 18.4 Å². The first kappa shape index (κ1) is 18.6. The number of halogens is 1. The van der Waals surface area contributed by atoms with Gasteiger partial charge in [-0.2, -0.15) is 0 Å². The van der Waals surface area contributed by atoms with Crippen molar-refractivity contribution in [1.82, 2.24) is 15.1 Å². The summed E-state index contributed by atoms with van der Waals surface area (Å²) in [7, 11) is 1.50. The number of β-amino-alcohol motifs (C(OH)–C–C–N with tert-alkyl or cyclic N) is 1. The number of benzene rings is 1. The maximum absolute atomic E-state index is 14.1. The fourth-order valence-electron chi connectivity index (χ4n) is 3.56. The number of amides is 2. The second-order valence-corrected chi connectivity index (χ2v) is 6.88. The number of rotatable bonds is 5. The van der Waals surface area contributed by atoms with Crippen molar-refractivity contribution in [3.8, 4) is 5.75 Å². The lowest BCUT2D eigenvalue weighted by Crippen LogP contribution is -2.60. The van der Waals surface area contributed by atoms with Crippen molar-refractivity contribution < 1.29 is 23.8 Å². The van der Waals surface area contributed by atoms with E-state index in [0.717, 1.165) is 0 Å². The zero-order valence-corrected chi connectivity index (χ0v) is 14.8. The Hall–Kier alpha value is -2.19. The first-order chi connectivity index (χ1) is 12.4. The lowest BCUT2D eigenvalue weighted by Gasteiger charge is -2.41. The summed E-state index contributed by atoms with van der Waals surface area (Å²) >= 11 is 0. The Morgan fingerprint density at radius 1 is 1.35 bits per heavy atom. The van der Waals surface area contributed by atoms with E-state index in [1.165, 1.54) is 24.1 Å². The third kappa shape index (κ3) is 3.96. The Balaban J connectivity index is 1.71. The van der Waals surface area contributed by atoms with E-state index < -0.39 is 17.3 Å². The van der Waals surface area contributed by atoms with E-state index in [-0.39, 0.29) is 25.5 Å². The van der Waals surface area contributed by atoms with Crippen LogP contribution in [-0.4, -0.2) is 72.2 Å². The maximum atomic E-state index is 14.1. The average molecular weight is 365 g/mol. The highest BCUT2D eigenvalue weighted by Crippen LogP contribution is 2.27. The largest absolute Gasteiger partial charge is 0.497 e. The predicted molar refractivity (Wildman–Crippen MR) is 92.0 cm³/mol. The molecule has 2 fully saturated rings. The fraction of sp³-hybridized carbons (Fsp3) is 0.556. The van der Waals surface area contributed by atoms with Crippen LogP contribution in [0.3, 0.4) is 0 Å². The highest BCUT2D eigenvalue weighted by Gasteiger charge is 2.44. The molecule has 0 unspecified atom stereocenters. The van der Waals surface area contributed by atoms with E-state index in [2.05, 4.69) is 5.32 Å². The fourth-order valence-corrected chi connectivity index (χ4v) is 3.56. The smallest absolute Gasteiger partial charge is 0.256 e. The van der Waals surface area contributed by atoms with E-state index in [1.807, 2.05) is 0 Å².